The summed E-state index contributed by atoms with van der Waals surface area (Å²) in [7, 11) is 1.39. The van der Waals surface area contributed by atoms with E-state index in [9.17, 15) is 4.79 Å². The number of ether oxygens (including phenoxy) is 4. The van der Waals surface area contributed by atoms with Gasteiger partial charge in [0.05, 0.1) is 36.7 Å². The van der Waals surface area contributed by atoms with E-state index in [-0.39, 0.29) is 17.5 Å². The van der Waals surface area contributed by atoms with Crippen molar-refractivity contribution in [2.24, 2.45) is 0 Å². The highest BCUT2D eigenvalue weighted by Gasteiger charge is 2.37. The lowest BCUT2D eigenvalue weighted by atomic mass is 9.92. The fourth-order valence-electron chi connectivity index (χ4n) is 6.63. The van der Waals surface area contributed by atoms with E-state index in [1.54, 1.807) is 19.1 Å². The molecule has 0 radical (unpaired) electrons. The zero-order valence-corrected chi connectivity index (χ0v) is 31.3. The van der Waals surface area contributed by atoms with Crippen LogP contribution in [0.3, 0.4) is 0 Å². The predicted octanol–water partition coefficient (Wildman–Crippen LogP) is 9.36. The quantitative estimate of drug-likeness (QED) is 0.102. The number of aryl methyl sites for hydroxylation is 2. The standard InChI is InChI=1S/C42H52FN3O5/c1-11-14-29(5)50-35-22-27(3)33(43)25-32(35)30-15-13-16-31(24-30)34-26-46-36(44-34)23-28(4)37(38(40(47)48-10)51-41(6,7)8)39(46)45-19-17-42(9,18-20-45)49-21-12-2/h11-13,15-16,22-26,29,38H,1-2,14,17-21H2,3-10H3/t29-,38?/m0/s1. The number of carbonyl (C=O) groups is 1. The summed E-state index contributed by atoms with van der Waals surface area (Å²) < 4.78 is 41.3. The predicted molar refractivity (Wildman–Crippen MR) is 202 cm³/mol. The molecule has 5 rings (SSSR count). The normalized spacial score (nSPS) is 15.7. The van der Waals surface area contributed by atoms with E-state index in [4.69, 9.17) is 23.9 Å². The van der Waals surface area contributed by atoms with Gasteiger partial charge in [-0.1, -0.05) is 30.4 Å². The summed E-state index contributed by atoms with van der Waals surface area (Å²) in [5.74, 6) is 0.672. The molecule has 51 heavy (non-hydrogen) atoms. The molecule has 272 valence electrons. The fourth-order valence-corrected chi connectivity index (χ4v) is 6.63. The Hall–Kier alpha value is -4.47. The number of nitrogens with zero attached hydrogens (tertiary/aromatic N) is 3. The van der Waals surface area contributed by atoms with Gasteiger partial charge in [0.1, 0.15) is 23.0 Å². The van der Waals surface area contributed by atoms with Crippen molar-refractivity contribution in [2.45, 2.75) is 91.1 Å². The van der Waals surface area contributed by atoms with Crippen LogP contribution < -0.4 is 9.64 Å². The summed E-state index contributed by atoms with van der Waals surface area (Å²) in [4.78, 5) is 20.8. The van der Waals surface area contributed by atoms with E-state index < -0.39 is 17.7 Å². The third-order valence-corrected chi connectivity index (χ3v) is 9.35. The van der Waals surface area contributed by atoms with Crippen molar-refractivity contribution in [2.75, 3.05) is 31.7 Å². The van der Waals surface area contributed by atoms with Gasteiger partial charge < -0.3 is 23.8 Å². The molecule has 4 aromatic rings. The minimum Gasteiger partial charge on any atom is -0.490 e. The number of esters is 1. The summed E-state index contributed by atoms with van der Waals surface area (Å²) in [5, 5.41) is 0. The van der Waals surface area contributed by atoms with Crippen LogP contribution >= 0.6 is 0 Å². The first-order chi connectivity index (χ1) is 24.2. The monoisotopic (exact) mass is 697 g/mol. The highest BCUT2D eigenvalue weighted by Crippen LogP contribution is 2.41. The lowest BCUT2D eigenvalue weighted by molar-refractivity contribution is -0.164. The van der Waals surface area contributed by atoms with Crippen LogP contribution in [0.25, 0.3) is 28.0 Å². The van der Waals surface area contributed by atoms with E-state index in [0.29, 0.717) is 43.0 Å². The molecule has 0 N–H and O–H groups in total. The second-order valence-electron chi connectivity index (χ2n) is 14.7. The maximum atomic E-state index is 15.0. The molecule has 1 unspecified atom stereocenters. The molecule has 0 bridgehead atoms. The minimum atomic E-state index is -0.966. The molecule has 1 saturated heterocycles. The third-order valence-electron chi connectivity index (χ3n) is 9.35. The molecule has 1 aliphatic rings. The molecule has 1 fully saturated rings. The second kappa shape index (κ2) is 15.4. The Morgan fingerprint density at radius 3 is 2.41 bits per heavy atom. The molecule has 2 atom stereocenters. The molecule has 0 spiro atoms. The maximum absolute atomic E-state index is 15.0. The second-order valence-corrected chi connectivity index (χ2v) is 14.7. The Labute approximate surface area is 301 Å². The van der Waals surface area contributed by atoms with E-state index in [1.165, 1.54) is 13.2 Å². The molecular formula is C42H52FN3O5. The number of methoxy groups -OCH3 is 1. The van der Waals surface area contributed by atoms with Gasteiger partial charge in [0, 0.05) is 42.4 Å². The molecule has 0 amide bonds. The molecule has 1 aliphatic heterocycles. The van der Waals surface area contributed by atoms with Crippen molar-refractivity contribution in [3.63, 3.8) is 0 Å². The lowest BCUT2D eigenvalue weighted by Crippen LogP contribution is -2.45. The van der Waals surface area contributed by atoms with Crippen LogP contribution in [0.4, 0.5) is 10.2 Å². The van der Waals surface area contributed by atoms with Crippen molar-refractivity contribution in [1.82, 2.24) is 9.38 Å². The van der Waals surface area contributed by atoms with Crippen molar-refractivity contribution in [3.8, 4) is 28.1 Å². The van der Waals surface area contributed by atoms with Gasteiger partial charge >= 0.3 is 5.97 Å². The average molecular weight is 698 g/mol. The first kappa shape index (κ1) is 37.8. The molecule has 0 saturated carbocycles. The molecule has 8 nitrogen and oxygen atoms in total. The summed E-state index contributed by atoms with van der Waals surface area (Å²) >= 11 is 0. The molecule has 3 heterocycles. The number of hydrogen-bond acceptors (Lipinski definition) is 7. The molecular weight excluding hydrogens is 645 g/mol. The zero-order valence-electron chi connectivity index (χ0n) is 31.3. The molecule has 9 heteroatoms. The number of rotatable bonds is 13. The van der Waals surface area contributed by atoms with Gasteiger partial charge in [-0.15, -0.1) is 13.2 Å². The van der Waals surface area contributed by atoms with Crippen LogP contribution in [-0.4, -0.2) is 59.5 Å². The molecule has 2 aromatic heterocycles. The minimum absolute atomic E-state index is 0.124. The van der Waals surface area contributed by atoms with Crippen molar-refractivity contribution >= 4 is 17.4 Å². The number of carbonyl (C=O) groups excluding carboxylic acids is 1. The van der Waals surface area contributed by atoms with Gasteiger partial charge in [-0.2, -0.15) is 0 Å². The Bertz CT molecular complexity index is 1900. The van der Waals surface area contributed by atoms with E-state index >= 15 is 4.39 Å². The first-order valence-electron chi connectivity index (χ1n) is 17.6. The van der Waals surface area contributed by atoms with Gasteiger partial charge in [-0.05, 0) is 102 Å². The number of pyridine rings is 1. The highest BCUT2D eigenvalue weighted by molar-refractivity contribution is 5.82. The Morgan fingerprint density at radius 1 is 1.06 bits per heavy atom. The van der Waals surface area contributed by atoms with Crippen LogP contribution in [0.15, 0.2) is 74.0 Å². The summed E-state index contributed by atoms with van der Waals surface area (Å²) in [5.41, 5.74) is 4.98. The van der Waals surface area contributed by atoms with Gasteiger partial charge in [-0.3, -0.25) is 4.40 Å². The largest absolute Gasteiger partial charge is 0.490 e. The maximum Gasteiger partial charge on any atom is 0.339 e. The Morgan fingerprint density at radius 2 is 1.76 bits per heavy atom. The van der Waals surface area contributed by atoms with E-state index in [2.05, 4.69) is 29.4 Å². The van der Waals surface area contributed by atoms with Gasteiger partial charge in [-0.25, -0.2) is 14.2 Å². The van der Waals surface area contributed by atoms with Crippen LogP contribution in [0, 0.1) is 19.7 Å². The number of anilines is 1. The van der Waals surface area contributed by atoms with E-state index in [0.717, 1.165) is 52.3 Å². The highest BCUT2D eigenvalue weighted by atomic mass is 19.1. The number of aromatic nitrogens is 2. The number of benzene rings is 2. The summed E-state index contributed by atoms with van der Waals surface area (Å²) in [6.45, 7) is 23.1. The number of piperidine rings is 1. The van der Waals surface area contributed by atoms with Crippen LogP contribution in [0.5, 0.6) is 5.75 Å². The Kier molecular flexibility index (Phi) is 11.4. The third kappa shape index (κ3) is 8.54. The van der Waals surface area contributed by atoms with Gasteiger partial charge in [0.2, 0.25) is 0 Å². The SMILES string of the molecule is C=CCOC1(C)CCN(c2c(C(OC(C)(C)C)C(=O)OC)c(C)cc3nc(-c4cccc(-c5cc(F)c(C)cc5O[C@@H](C)CC=C)c4)cn23)CC1. The van der Waals surface area contributed by atoms with Crippen LogP contribution in [-0.2, 0) is 19.0 Å². The van der Waals surface area contributed by atoms with Gasteiger partial charge in [0.15, 0.2) is 6.10 Å². The summed E-state index contributed by atoms with van der Waals surface area (Å²) in [6.07, 6.45) is 6.73. The molecule has 2 aromatic carbocycles. The number of imidazole rings is 1. The first-order valence-corrected chi connectivity index (χ1v) is 17.6. The van der Waals surface area contributed by atoms with E-state index in [1.807, 2.05) is 77.2 Å². The van der Waals surface area contributed by atoms with Crippen LogP contribution in [0.2, 0.25) is 0 Å². The smallest absolute Gasteiger partial charge is 0.339 e. The number of halogens is 1. The molecule has 0 aliphatic carbocycles. The van der Waals surface area contributed by atoms with Crippen molar-refractivity contribution in [3.05, 3.63) is 96.5 Å². The fraction of sp³-hybridized carbons (Fsp3) is 0.429. The number of hydrogen-bond donors (Lipinski definition) is 0. The summed E-state index contributed by atoms with van der Waals surface area (Å²) in [6, 6.07) is 13.2. The topological polar surface area (TPSA) is 74.5 Å². The van der Waals surface area contributed by atoms with Gasteiger partial charge in [0.25, 0.3) is 0 Å². The zero-order chi connectivity index (χ0) is 37.1. The van der Waals surface area contributed by atoms with Crippen LogP contribution in [0.1, 0.15) is 76.7 Å². The van der Waals surface area contributed by atoms with Crippen molar-refractivity contribution < 1.29 is 28.1 Å². The Balaban J connectivity index is 1.65. The van der Waals surface area contributed by atoms with Crippen molar-refractivity contribution in [1.29, 1.82) is 0 Å². The number of fused-ring (bicyclic) bond motifs is 1. The lowest BCUT2D eigenvalue weighted by Gasteiger charge is -2.41. The average Bonchev–Trinajstić information content (AvgIpc) is 3.51.